The number of hydrogen-bond acceptors (Lipinski definition) is 4. The fourth-order valence-corrected chi connectivity index (χ4v) is 5.05. The van der Waals surface area contributed by atoms with E-state index in [1.807, 2.05) is 42.5 Å². The van der Waals surface area contributed by atoms with Gasteiger partial charge in [0.2, 0.25) is 0 Å². The van der Waals surface area contributed by atoms with E-state index >= 15 is 0 Å². The molecule has 0 saturated heterocycles. The number of amides is 1. The predicted molar refractivity (Wildman–Crippen MR) is 130 cm³/mol. The second-order valence-electron chi connectivity index (χ2n) is 7.88. The van der Waals surface area contributed by atoms with Gasteiger partial charge in [-0.1, -0.05) is 53.3 Å². The maximum atomic E-state index is 12.7. The van der Waals surface area contributed by atoms with Crippen molar-refractivity contribution < 1.29 is 9.53 Å². The zero-order chi connectivity index (χ0) is 22.2. The standard InChI is InChI=1S/C26H23N3O2S/c1-16-8-10-20(17(2)12-16)21-15-29-22-11-9-18(13-24(22)32-26(29)28-21)25(30)27-14-19-6-4-5-7-23(19)31-3/h4-13,15H,14H2,1-3H3,(H,27,30). The average Bonchev–Trinajstić information content (AvgIpc) is 3.35. The third kappa shape index (κ3) is 3.63. The molecule has 160 valence electrons. The fraction of sp³-hybridized carbons (Fsp3) is 0.154. The molecule has 5 nitrogen and oxygen atoms in total. The zero-order valence-corrected chi connectivity index (χ0v) is 19.0. The minimum absolute atomic E-state index is 0.111. The summed E-state index contributed by atoms with van der Waals surface area (Å²) in [6.07, 6.45) is 2.08. The van der Waals surface area contributed by atoms with E-state index < -0.39 is 0 Å². The lowest BCUT2D eigenvalue weighted by molar-refractivity contribution is 0.0951. The third-order valence-electron chi connectivity index (χ3n) is 5.65. The number of nitrogens with zero attached hydrogens (tertiary/aromatic N) is 2. The number of fused-ring (bicyclic) bond motifs is 3. The van der Waals surface area contributed by atoms with Crippen LogP contribution in [-0.2, 0) is 6.54 Å². The Bertz CT molecular complexity index is 1470. The molecule has 0 fully saturated rings. The summed E-state index contributed by atoms with van der Waals surface area (Å²) in [5.74, 6) is 0.655. The van der Waals surface area contributed by atoms with Gasteiger partial charge in [-0.15, -0.1) is 0 Å². The Morgan fingerprint density at radius 2 is 1.94 bits per heavy atom. The number of imidazole rings is 1. The topological polar surface area (TPSA) is 55.6 Å². The molecule has 0 bridgehead atoms. The summed E-state index contributed by atoms with van der Waals surface area (Å²) in [5.41, 5.74) is 7.20. The second-order valence-corrected chi connectivity index (χ2v) is 8.89. The minimum atomic E-state index is -0.111. The normalized spacial score (nSPS) is 11.2. The molecule has 1 amide bonds. The highest BCUT2D eigenvalue weighted by Gasteiger charge is 2.14. The van der Waals surface area contributed by atoms with E-state index in [0.717, 1.165) is 37.7 Å². The molecule has 0 spiro atoms. The van der Waals surface area contributed by atoms with Gasteiger partial charge in [-0.2, -0.15) is 0 Å². The summed E-state index contributed by atoms with van der Waals surface area (Å²) in [6.45, 7) is 4.62. The number of para-hydroxylation sites is 1. The van der Waals surface area contributed by atoms with E-state index in [1.165, 1.54) is 11.1 Å². The first-order chi connectivity index (χ1) is 15.5. The molecule has 5 rings (SSSR count). The molecule has 0 aliphatic rings. The van der Waals surface area contributed by atoms with Gasteiger partial charge in [-0.05, 0) is 43.7 Å². The summed E-state index contributed by atoms with van der Waals surface area (Å²) < 4.78 is 8.50. The van der Waals surface area contributed by atoms with Crippen LogP contribution in [-0.4, -0.2) is 22.4 Å². The van der Waals surface area contributed by atoms with Crippen molar-refractivity contribution in [3.8, 4) is 17.0 Å². The number of carbonyl (C=O) groups is 1. The van der Waals surface area contributed by atoms with Gasteiger partial charge in [0.05, 0.1) is 23.0 Å². The molecule has 1 N–H and O–H groups in total. The number of hydrogen-bond donors (Lipinski definition) is 1. The molecule has 0 radical (unpaired) electrons. The van der Waals surface area contributed by atoms with Gasteiger partial charge in [0.1, 0.15) is 5.75 Å². The largest absolute Gasteiger partial charge is 0.496 e. The number of carbonyl (C=O) groups excluding carboxylic acids is 1. The van der Waals surface area contributed by atoms with Crippen molar-refractivity contribution in [2.45, 2.75) is 20.4 Å². The molecule has 0 saturated carbocycles. The number of thiazole rings is 1. The first kappa shape index (κ1) is 20.3. The molecular weight excluding hydrogens is 418 g/mol. The van der Waals surface area contributed by atoms with Crippen LogP contribution < -0.4 is 10.1 Å². The lowest BCUT2D eigenvalue weighted by atomic mass is 10.0. The van der Waals surface area contributed by atoms with Crippen LogP contribution >= 0.6 is 11.3 Å². The third-order valence-corrected chi connectivity index (χ3v) is 6.66. The van der Waals surface area contributed by atoms with E-state index in [-0.39, 0.29) is 5.91 Å². The van der Waals surface area contributed by atoms with Crippen LogP contribution in [0.1, 0.15) is 27.0 Å². The van der Waals surface area contributed by atoms with Crippen LogP contribution in [0, 0.1) is 13.8 Å². The van der Waals surface area contributed by atoms with Gasteiger partial charge < -0.3 is 10.1 Å². The summed E-state index contributed by atoms with van der Waals surface area (Å²) in [5, 5.41) is 2.99. The number of methoxy groups -OCH3 is 1. The lowest BCUT2D eigenvalue weighted by Gasteiger charge is -2.09. The van der Waals surface area contributed by atoms with Gasteiger partial charge in [-0.3, -0.25) is 9.20 Å². The summed E-state index contributed by atoms with van der Waals surface area (Å²) in [7, 11) is 1.63. The average molecular weight is 442 g/mol. The zero-order valence-electron chi connectivity index (χ0n) is 18.2. The highest BCUT2D eigenvalue weighted by molar-refractivity contribution is 7.23. The van der Waals surface area contributed by atoms with Crippen molar-refractivity contribution in [2.75, 3.05) is 7.11 Å². The molecule has 32 heavy (non-hydrogen) atoms. The number of nitrogens with one attached hydrogen (secondary N) is 1. The molecule has 2 heterocycles. The molecule has 5 aromatic rings. The minimum Gasteiger partial charge on any atom is -0.496 e. The predicted octanol–water partition coefficient (Wildman–Crippen LogP) is 5.77. The van der Waals surface area contributed by atoms with E-state index in [2.05, 4.69) is 48.0 Å². The SMILES string of the molecule is COc1ccccc1CNC(=O)c1ccc2c(c1)sc1nc(-c3ccc(C)cc3C)cn12. The number of benzene rings is 3. The highest BCUT2D eigenvalue weighted by Crippen LogP contribution is 2.31. The maximum Gasteiger partial charge on any atom is 0.251 e. The Kier molecular flexibility index (Phi) is 5.15. The molecule has 2 aromatic heterocycles. The first-order valence-corrected chi connectivity index (χ1v) is 11.2. The molecule has 6 heteroatoms. The first-order valence-electron chi connectivity index (χ1n) is 10.4. The van der Waals surface area contributed by atoms with Crippen molar-refractivity contribution in [3.63, 3.8) is 0 Å². The Hall–Kier alpha value is -3.64. The monoisotopic (exact) mass is 441 g/mol. The lowest BCUT2D eigenvalue weighted by Crippen LogP contribution is -2.22. The number of aryl methyl sites for hydroxylation is 2. The Labute approximate surface area is 190 Å². The Balaban J connectivity index is 1.41. The van der Waals surface area contributed by atoms with Gasteiger partial charge in [-0.25, -0.2) is 4.98 Å². The Morgan fingerprint density at radius 3 is 2.75 bits per heavy atom. The molecular formula is C26H23N3O2S. The maximum absolute atomic E-state index is 12.7. The van der Waals surface area contributed by atoms with Crippen LogP contribution in [0.2, 0.25) is 0 Å². The van der Waals surface area contributed by atoms with Crippen LogP contribution in [0.5, 0.6) is 5.75 Å². The van der Waals surface area contributed by atoms with E-state index in [9.17, 15) is 4.79 Å². The summed E-state index contributed by atoms with van der Waals surface area (Å²) in [4.78, 5) is 18.5. The molecule has 0 aliphatic carbocycles. The van der Waals surface area contributed by atoms with Gasteiger partial charge in [0.25, 0.3) is 5.91 Å². The molecule has 0 aliphatic heterocycles. The Morgan fingerprint density at radius 1 is 1.09 bits per heavy atom. The van der Waals surface area contributed by atoms with Gasteiger partial charge in [0.15, 0.2) is 4.96 Å². The smallest absolute Gasteiger partial charge is 0.251 e. The highest BCUT2D eigenvalue weighted by atomic mass is 32.1. The number of aromatic nitrogens is 2. The molecule has 0 unspecified atom stereocenters. The van der Waals surface area contributed by atoms with Crippen LogP contribution in [0.4, 0.5) is 0 Å². The van der Waals surface area contributed by atoms with Crippen molar-refractivity contribution in [1.29, 1.82) is 0 Å². The van der Waals surface area contributed by atoms with Crippen molar-refractivity contribution in [1.82, 2.24) is 14.7 Å². The van der Waals surface area contributed by atoms with Crippen LogP contribution in [0.3, 0.4) is 0 Å². The molecule has 0 atom stereocenters. The van der Waals surface area contributed by atoms with E-state index in [4.69, 9.17) is 9.72 Å². The number of rotatable bonds is 5. The number of ether oxygens (including phenoxy) is 1. The van der Waals surface area contributed by atoms with Crippen LogP contribution in [0.15, 0.2) is 66.9 Å². The summed E-state index contributed by atoms with van der Waals surface area (Å²) in [6, 6.07) is 19.9. The fourth-order valence-electron chi connectivity index (χ4n) is 4.00. The second kappa shape index (κ2) is 8.13. The van der Waals surface area contributed by atoms with Gasteiger partial charge in [0, 0.05) is 29.4 Å². The molecule has 3 aromatic carbocycles. The summed E-state index contributed by atoms with van der Waals surface area (Å²) >= 11 is 1.59. The van der Waals surface area contributed by atoms with E-state index in [1.54, 1.807) is 18.4 Å². The van der Waals surface area contributed by atoms with E-state index in [0.29, 0.717) is 12.1 Å². The van der Waals surface area contributed by atoms with Crippen molar-refractivity contribution in [2.24, 2.45) is 0 Å². The van der Waals surface area contributed by atoms with Crippen LogP contribution in [0.25, 0.3) is 26.4 Å². The van der Waals surface area contributed by atoms with Gasteiger partial charge >= 0.3 is 0 Å². The quantitative estimate of drug-likeness (QED) is 0.377. The van der Waals surface area contributed by atoms with Crippen molar-refractivity contribution in [3.05, 3.63) is 89.1 Å². The van der Waals surface area contributed by atoms with Crippen molar-refractivity contribution >= 4 is 32.4 Å².